The number of hydrogen-bond acceptors (Lipinski definition) is 1. The zero-order valence-corrected chi connectivity index (χ0v) is 21.5. The van der Waals surface area contributed by atoms with Gasteiger partial charge in [0.25, 0.3) is 0 Å². The number of aromatic nitrogens is 2. The molecule has 4 heterocycles. The predicted molar refractivity (Wildman–Crippen MR) is 152 cm³/mol. The van der Waals surface area contributed by atoms with Crippen molar-refractivity contribution in [3.63, 3.8) is 0 Å². The summed E-state index contributed by atoms with van der Waals surface area (Å²) in [4.78, 5) is 2.15. The van der Waals surface area contributed by atoms with Gasteiger partial charge in [0.2, 0.25) is 11.4 Å². The molecule has 0 atom stereocenters. The number of fused-ring (bicyclic) bond motifs is 8. The van der Waals surface area contributed by atoms with Crippen molar-refractivity contribution < 1.29 is 9.13 Å². The van der Waals surface area contributed by atoms with Crippen molar-refractivity contribution in [2.75, 3.05) is 19.0 Å². The molecule has 3 aromatic carbocycles. The normalized spacial score (nSPS) is 13.7. The van der Waals surface area contributed by atoms with E-state index in [1.54, 1.807) is 0 Å². The molecule has 0 bridgehead atoms. The van der Waals surface area contributed by atoms with Gasteiger partial charge in [0, 0.05) is 56.9 Å². The van der Waals surface area contributed by atoms with Crippen LogP contribution < -0.4 is 14.0 Å². The molecule has 7 rings (SSSR count). The summed E-state index contributed by atoms with van der Waals surface area (Å²) in [6.07, 6.45) is 11.1. The van der Waals surface area contributed by atoms with Gasteiger partial charge in [-0.2, -0.15) is 9.13 Å². The summed E-state index contributed by atoms with van der Waals surface area (Å²) >= 11 is 0. The maximum absolute atomic E-state index is 2.43. The van der Waals surface area contributed by atoms with Crippen molar-refractivity contribution in [1.29, 1.82) is 0 Å². The molecule has 3 nitrogen and oxygen atoms in total. The van der Waals surface area contributed by atoms with E-state index in [0.717, 1.165) is 25.9 Å². The summed E-state index contributed by atoms with van der Waals surface area (Å²) in [5.41, 5.74) is 12.1. The Balaban J connectivity index is 1.28. The Morgan fingerprint density at radius 2 is 1.30 bits per heavy atom. The lowest BCUT2D eigenvalue weighted by Gasteiger charge is -2.22. The summed E-state index contributed by atoms with van der Waals surface area (Å²) in [5.74, 6) is 0. The molecule has 3 heteroatoms. The van der Waals surface area contributed by atoms with Crippen molar-refractivity contribution in [2.24, 2.45) is 0 Å². The lowest BCUT2D eigenvalue weighted by atomic mass is 9.85. The van der Waals surface area contributed by atoms with Crippen LogP contribution in [-0.2, 0) is 25.9 Å². The van der Waals surface area contributed by atoms with Crippen LogP contribution in [0.5, 0.6) is 0 Å². The molecule has 2 aromatic heterocycles. The van der Waals surface area contributed by atoms with E-state index in [1.807, 2.05) is 0 Å². The molecule has 0 saturated carbocycles. The van der Waals surface area contributed by atoms with Crippen LogP contribution in [0, 0.1) is 0 Å². The fourth-order valence-corrected chi connectivity index (χ4v) is 5.96. The summed E-state index contributed by atoms with van der Waals surface area (Å²) in [7, 11) is 4.17. The molecule has 0 amide bonds. The van der Waals surface area contributed by atoms with Crippen LogP contribution in [0.3, 0.4) is 0 Å². The van der Waals surface area contributed by atoms with Crippen molar-refractivity contribution in [1.82, 2.24) is 0 Å². The third-order valence-electron chi connectivity index (χ3n) is 7.97. The Hall–Kier alpha value is -4.24. The summed E-state index contributed by atoms with van der Waals surface area (Å²) < 4.78 is 4.84. The standard InChI is InChI=1S/C34H31N3/c1-35(2)30-13-12-28-21-24(8-9-29(28)23-30)6-7-25-14-18-37-20-16-27-11-10-26-15-19-36-17-4-3-5-31(36)33(26)34(27)32(37)22-25/h3-14,17-18,21-23H,15-16,19-20H2,1-2H3/q+2. The van der Waals surface area contributed by atoms with E-state index in [0.29, 0.717) is 0 Å². The third kappa shape index (κ3) is 3.82. The first-order valence-electron chi connectivity index (χ1n) is 13.2. The van der Waals surface area contributed by atoms with E-state index in [-0.39, 0.29) is 0 Å². The lowest BCUT2D eigenvalue weighted by molar-refractivity contribution is -0.689. The van der Waals surface area contributed by atoms with E-state index in [9.17, 15) is 0 Å². The first-order valence-corrected chi connectivity index (χ1v) is 13.2. The Kier molecular flexibility index (Phi) is 5.17. The fourth-order valence-electron chi connectivity index (χ4n) is 5.96. The van der Waals surface area contributed by atoms with Gasteiger partial charge in [-0.1, -0.05) is 42.5 Å². The average Bonchev–Trinajstić information content (AvgIpc) is 2.94. The lowest BCUT2D eigenvalue weighted by Crippen LogP contribution is -2.43. The third-order valence-corrected chi connectivity index (χ3v) is 7.97. The Bertz CT molecular complexity index is 1710. The molecular formula is C34H31N3+2. The molecular weight excluding hydrogens is 450 g/mol. The molecule has 2 aliphatic heterocycles. The minimum absolute atomic E-state index is 1.03. The first kappa shape index (κ1) is 22.0. The van der Waals surface area contributed by atoms with Crippen molar-refractivity contribution in [3.8, 4) is 22.5 Å². The number of pyridine rings is 2. The zero-order chi connectivity index (χ0) is 24.9. The molecule has 2 aliphatic rings. The average molecular weight is 482 g/mol. The molecule has 37 heavy (non-hydrogen) atoms. The van der Waals surface area contributed by atoms with E-state index < -0.39 is 0 Å². The Morgan fingerprint density at radius 1 is 0.622 bits per heavy atom. The van der Waals surface area contributed by atoms with Gasteiger partial charge in [-0.05, 0) is 57.3 Å². The van der Waals surface area contributed by atoms with Crippen molar-refractivity contribution in [3.05, 3.63) is 114 Å². The van der Waals surface area contributed by atoms with Crippen LogP contribution in [0.1, 0.15) is 22.3 Å². The maximum Gasteiger partial charge on any atom is 0.214 e. The van der Waals surface area contributed by atoms with Crippen LogP contribution in [0.2, 0.25) is 0 Å². The van der Waals surface area contributed by atoms with Crippen molar-refractivity contribution in [2.45, 2.75) is 25.9 Å². The topological polar surface area (TPSA) is 11.0 Å². The molecule has 0 saturated heterocycles. The molecule has 180 valence electrons. The van der Waals surface area contributed by atoms with Gasteiger partial charge in [-0.3, -0.25) is 0 Å². The van der Waals surface area contributed by atoms with E-state index in [4.69, 9.17) is 0 Å². The van der Waals surface area contributed by atoms with Gasteiger partial charge >= 0.3 is 0 Å². The van der Waals surface area contributed by atoms with E-state index in [2.05, 4.69) is 132 Å². The number of hydrogen-bond donors (Lipinski definition) is 0. The van der Waals surface area contributed by atoms with E-state index in [1.165, 1.54) is 61.2 Å². The Morgan fingerprint density at radius 3 is 2.08 bits per heavy atom. The zero-order valence-electron chi connectivity index (χ0n) is 21.5. The molecule has 0 aliphatic carbocycles. The highest BCUT2D eigenvalue weighted by atomic mass is 15.1. The maximum atomic E-state index is 2.43. The highest BCUT2D eigenvalue weighted by Crippen LogP contribution is 2.39. The summed E-state index contributed by atoms with van der Waals surface area (Å²) in [6.45, 7) is 2.08. The number of aryl methyl sites for hydroxylation is 4. The highest BCUT2D eigenvalue weighted by molar-refractivity contribution is 5.89. The van der Waals surface area contributed by atoms with Gasteiger partial charge in [0.05, 0.1) is 11.1 Å². The van der Waals surface area contributed by atoms with Crippen LogP contribution in [0.4, 0.5) is 5.69 Å². The quantitative estimate of drug-likeness (QED) is 0.284. The second kappa shape index (κ2) is 8.70. The minimum atomic E-state index is 1.03. The fraction of sp³-hybridized carbons (Fsp3) is 0.176. The number of benzene rings is 3. The second-order valence-corrected chi connectivity index (χ2v) is 10.5. The smallest absolute Gasteiger partial charge is 0.214 e. The van der Waals surface area contributed by atoms with Crippen molar-refractivity contribution >= 4 is 28.6 Å². The summed E-state index contributed by atoms with van der Waals surface area (Å²) in [6, 6.07) is 29.3. The first-order chi connectivity index (χ1) is 18.1. The minimum Gasteiger partial charge on any atom is -0.378 e. The van der Waals surface area contributed by atoms with Crippen LogP contribution >= 0.6 is 0 Å². The van der Waals surface area contributed by atoms with Gasteiger partial charge in [-0.15, -0.1) is 0 Å². The number of anilines is 1. The Labute approximate surface area is 218 Å². The van der Waals surface area contributed by atoms with Crippen LogP contribution in [0.25, 0.3) is 45.4 Å². The molecule has 5 aromatic rings. The van der Waals surface area contributed by atoms with Gasteiger partial charge in [0.1, 0.15) is 0 Å². The number of nitrogens with zero attached hydrogens (tertiary/aromatic N) is 3. The monoisotopic (exact) mass is 481 g/mol. The molecule has 0 spiro atoms. The predicted octanol–water partition coefficient (Wildman–Crippen LogP) is 6.10. The van der Waals surface area contributed by atoms with Gasteiger partial charge in [0.15, 0.2) is 25.5 Å². The molecule has 0 fully saturated rings. The van der Waals surface area contributed by atoms with Gasteiger partial charge in [-0.25, -0.2) is 0 Å². The molecule has 0 unspecified atom stereocenters. The molecule has 0 N–H and O–H groups in total. The van der Waals surface area contributed by atoms with E-state index >= 15 is 0 Å². The number of rotatable bonds is 3. The van der Waals surface area contributed by atoms with Crippen LogP contribution in [0.15, 0.2) is 91.3 Å². The summed E-state index contributed by atoms with van der Waals surface area (Å²) in [5, 5.41) is 2.54. The molecule has 0 radical (unpaired) electrons. The largest absolute Gasteiger partial charge is 0.378 e. The highest BCUT2D eigenvalue weighted by Gasteiger charge is 2.33. The SMILES string of the molecule is CN(C)c1ccc2cc(/C=C/c3cc[n+]4c(c3)-c3c(ccc5c3-c3cccc[n+]3CC5)CC4)ccc2c1. The van der Waals surface area contributed by atoms with Gasteiger partial charge < -0.3 is 4.90 Å². The van der Waals surface area contributed by atoms with Crippen LogP contribution in [-0.4, -0.2) is 14.1 Å². The second-order valence-electron chi connectivity index (χ2n) is 10.5.